The number of methoxy groups -OCH3 is 1. The molecule has 0 spiro atoms. The van der Waals surface area contributed by atoms with Crippen molar-refractivity contribution in [2.45, 2.75) is 0 Å². The van der Waals surface area contributed by atoms with Gasteiger partial charge in [0.05, 0.1) is 19.0 Å². The summed E-state index contributed by atoms with van der Waals surface area (Å²) in [5, 5.41) is 2.90. The Morgan fingerprint density at radius 2 is 2.23 bits per heavy atom. The summed E-state index contributed by atoms with van der Waals surface area (Å²) < 4.78 is 4.49. The number of ether oxygens (including phenoxy) is 1. The first kappa shape index (κ1) is 11.7. The van der Waals surface area contributed by atoms with Gasteiger partial charge in [-0.05, 0) is 12.1 Å². The predicted molar refractivity (Wildman–Crippen MR) is 52.4 cm³/mol. The van der Waals surface area contributed by atoms with E-state index in [1.54, 1.807) is 25.4 Å². The van der Waals surface area contributed by atoms with Crippen molar-refractivity contribution in [1.29, 1.82) is 0 Å². The van der Waals surface area contributed by atoms with Gasteiger partial charge >= 0.3 is 5.97 Å². The minimum atomic E-state index is -0.419. The highest BCUT2D eigenvalue weighted by atomic mass is 35.5. The lowest BCUT2D eigenvalue weighted by molar-refractivity contribution is 0.0594. The number of nitrogens with one attached hydrogen (secondary N) is 1. The standard InChI is InChI=1S/C8H10N2O2.ClH/c1-9-6-3-4-7(10-5-6)8(11)12-2;/h3-5,9H,1-2H3;1H. The van der Waals surface area contributed by atoms with Gasteiger partial charge in [0.25, 0.3) is 0 Å². The smallest absolute Gasteiger partial charge is 0.356 e. The zero-order chi connectivity index (χ0) is 8.97. The maximum atomic E-state index is 10.9. The number of hydrogen-bond donors (Lipinski definition) is 1. The van der Waals surface area contributed by atoms with Gasteiger partial charge in [-0.25, -0.2) is 9.78 Å². The molecule has 0 fully saturated rings. The maximum absolute atomic E-state index is 10.9. The van der Waals surface area contributed by atoms with Crippen LogP contribution in [0.2, 0.25) is 0 Å². The van der Waals surface area contributed by atoms with Crippen LogP contribution in [0.5, 0.6) is 0 Å². The fourth-order valence-corrected chi connectivity index (χ4v) is 0.767. The highest BCUT2D eigenvalue weighted by Gasteiger charge is 2.04. The first-order valence-electron chi connectivity index (χ1n) is 3.50. The van der Waals surface area contributed by atoms with Gasteiger partial charge in [0.2, 0.25) is 0 Å². The van der Waals surface area contributed by atoms with Crippen molar-refractivity contribution in [3.05, 3.63) is 24.0 Å². The number of rotatable bonds is 2. The van der Waals surface area contributed by atoms with Crippen LogP contribution in [-0.2, 0) is 4.74 Å². The van der Waals surface area contributed by atoms with Gasteiger partial charge in [-0.2, -0.15) is 0 Å². The Bertz CT molecular complexity index is 274. The topological polar surface area (TPSA) is 51.2 Å². The number of carbonyl (C=O) groups is 1. The van der Waals surface area contributed by atoms with Gasteiger partial charge in [0, 0.05) is 7.05 Å². The highest BCUT2D eigenvalue weighted by molar-refractivity contribution is 5.87. The van der Waals surface area contributed by atoms with Gasteiger partial charge in [-0.1, -0.05) is 0 Å². The molecule has 0 bridgehead atoms. The predicted octanol–water partition coefficient (Wildman–Crippen LogP) is 1.33. The summed E-state index contributed by atoms with van der Waals surface area (Å²) in [6.45, 7) is 0. The van der Waals surface area contributed by atoms with E-state index in [0.29, 0.717) is 5.69 Å². The van der Waals surface area contributed by atoms with Crippen LogP contribution >= 0.6 is 12.4 Å². The molecule has 0 aliphatic rings. The second-order valence-corrected chi connectivity index (χ2v) is 2.17. The fourth-order valence-electron chi connectivity index (χ4n) is 0.767. The van der Waals surface area contributed by atoms with Gasteiger partial charge < -0.3 is 10.1 Å². The van der Waals surface area contributed by atoms with Crippen molar-refractivity contribution in [2.75, 3.05) is 19.5 Å². The zero-order valence-electron chi connectivity index (χ0n) is 7.40. The molecule has 1 heterocycles. The largest absolute Gasteiger partial charge is 0.464 e. The van der Waals surface area contributed by atoms with E-state index in [4.69, 9.17) is 0 Å². The Kier molecular flexibility index (Phi) is 4.84. The van der Waals surface area contributed by atoms with E-state index in [1.807, 2.05) is 0 Å². The summed E-state index contributed by atoms with van der Waals surface area (Å²) in [6, 6.07) is 3.37. The van der Waals surface area contributed by atoms with Crippen molar-refractivity contribution < 1.29 is 9.53 Å². The fraction of sp³-hybridized carbons (Fsp3) is 0.250. The molecule has 72 valence electrons. The number of aromatic nitrogens is 1. The summed E-state index contributed by atoms with van der Waals surface area (Å²) in [4.78, 5) is 14.8. The summed E-state index contributed by atoms with van der Waals surface area (Å²) in [6.07, 6.45) is 1.58. The van der Waals surface area contributed by atoms with Crippen molar-refractivity contribution in [1.82, 2.24) is 4.98 Å². The van der Waals surface area contributed by atoms with Crippen LogP contribution in [0.3, 0.4) is 0 Å². The lowest BCUT2D eigenvalue weighted by atomic mass is 10.3. The Labute approximate surface area is 82.7 Å². The Morgan fingerprint density at radius 1 is 1.54 bits per heavy atom. The molecule has 0 aliphatic heterocycles. The first-order valence-corrected chi connectivity index (χ1v) is 3.50. The normalized spacial score (nSPS) is 8.46. The Hall–Kier alpha value is -1.29. The second kappa shape index (κ2) is 5.37. The van der Waals surface area contributed by atoms with Crippen molar-refractivity contribution in [2.24, 2.45) is 0 Å². The molecule has 0 amide bonds. The number of pyridine rings is 1. The summed E-state index contributed by atoms with van der Waals surface area (Å²) >= 11 is 0. The first-order chi connectivity index (χ1) is 5.77. The molecule has 0 saturated carbocycles. The minimum absolute atomic E-state index is 0. The van der Waals surface area contributed by atoms with E-state index in [0.717, 1.165) is 5.69 Å². The van der Waals surface area contributed by atoms with Crippen LogP contribution in [0.4, 0.5) is 5.69 Å². The molecule has 1 rings (SSSR count). The molecule has 13 heavy (non-hydrogen) atoms. The van der Waals surface area contributed by atoms with Gasteiger partial charge in [0.15, 0.2) is 0 Å². The zero-order valence-corrected chi connectivity index (χ0v) is 8.22. The van der Waals surface area contributed by atoms with Gasteiger partial charge in [-0.15, -0.1) is 12.4 Å². The molecule has 0 atom stereocenters. The highest BCUT2D eigenvalue weighted by Crippen LogP contribution is 2.05. The molecular formula is C8H11ClN2O2. The third-order valence-corrected chi connectivity index (χ3v) is 1.45. The summed E-state index contributed by atoms with van der Waals surface area (Å²) in [7, 11) is 3.12. The van der Waals surface area contributed by atoms with E-state index in [9.17, 15) is 4.79 Å². The number of nitrogens with zero attached hydrogens (tertiary/aromatic N) is 1. The van der Waals surface area contributed by atoms with Crippen LogP contribution in [-0.4, -0.2) is 25.1 Å². The van der Waals surface area contributed by atoms with E-state index in [1.165, 1.54) is 7.11 Å². The average molecular weight is 203 g/mol. The SMILES string of the molecule is CNc1ccc(C(=O)OC)nc1.Cl. The molecule has 5 heteroatoms. The van der Waals surface area contributed by atoms with Gasteiger partial charge in [-0.3, -0.25) is 0 Å². The van der Waals surface area contributed by atoms with Gasteiger partial charge in [0.1, 0.15) is 5.69 Å². The quantitative estimate of drug-likeness (QED) is 0.736. The monoisotopic (exact) mass is 202 g/mol. The van der Waals surface area contributed by atoms with Crippen LogP contribution in [0.25, 0.3) is 0 Å². The molecule has 0 aromatic carbocycles. The third kappa shape index (κ3) is 2.91. The Morgan fingerprint density at radius 3 is 2.62 bits per heavy atom. The molecule has 4 nitrogen and oxygen atoms in total. The molecular weight excluding hydrogens is 192 g/mol. The van der Waals surface area contributed by atoms with Crippen LogP contribution in [0, 0.1) is 0 Å². The maximum Gasteiger partial charge on any atom is 0.356 e. The molecule has 0 unspecified atom stereocenters. The molecule has 0 radical (unpaired) electrons. The summed E-state index contributed by atoms with van der Waals surface area (Å²) in [5.41, 5.74) is 1.18. The lowest BCUT2D eigenvalue weighted by Gasteiger charge is -2.00. The van der Waals surface area contributed by atoms with Crippen LogP contribution < -0.4 is 5.32 Å². The number of carbonyl (C=O) groups excluding carboxylic acids is 1. The molecule has 0 saturated heterocycles. The lowest BCUT2D eigenvalue weighted by Crippen LogP contribution is -2.03. The van der Waals surface area contributed by atoms with Crippen molar-refractivity contribution >= 4 is 24.1 Å². The number of anilines is 1. The van der Waals surface area contributed by atoms with Crippen LogP contribution in [0.15, 0.2) is 18.3 Å². The molecule has 0 aliphatic carbocycles. The van der Waals surface area contributed by atoms with Crippen molar-refractivity contribution in [3.8, 4) is 0 Å². The van der Waals surface area contributed by atoms with E-state index < -0.39 is 5.97 Å². The molecule has 1 aromatic rings. The third-order valence-electron chi connectivity index (χ3n) is 1.45. The van der Waals surface area contributed by atoms with E-state index >= 15 is 0 Å². The number of halogens is 1. The average Bonchev–Trinajstić information content (AvgIpc) is 2.17. The number of hydrogen-bond acceptors (Lipinski definition) is 4. The number of esters is 1. The second-order valence-electron chi connectivity index (χ2n) is 2.17. The van der Waals surface area contributed by atoms with Crippen molar-refractivity contribution in [3.63, 3.8) is 0 Å². The van der Waals surface area contributed by atoms with Crippen LogP contribution in [0.1, 0.15) is 10.5 Å². The molecule has 1 aromatic heterocycles. The summed E-state index contributed by atoms with van der Waals surface area (Å²) in [5.74, 6) is -0.419. The van der Waals surface area contributed by atoms with E-state index in [2.05, 4.69) is 15.0 Å². The minimum Gasteiger partial charge on any atom is -0.464 e. The molecule has 1 N–H and O–H groups in total. The Balaban J connectivity index is 0.00000144. The van der Waals surface area contributed by atoms with E-state index in [-0.39, 0.29) is 12.4 Å².